The first kappa shape index (κ1) is 25.5. The normalized spacial score (nSPS) is 28.3. The van der Waals surface area contributed by atoms with Crippen molar-refractivity contribution in [1.82, 2.24) is 20.4 Å². The minimum absolute atomic E-state index is 0.0139. The molecular formula is C27H40N4O4S. The maximum absolute atomic E-state index is 13.6. The number of sulfone groups is 1. The zero-order valence-corrected chi connectivity index (χ0v) is 22.2. The van der Waals surface area contributed by atoms with Gasteiger partial charge < -0.3 is 20.4 Å². The standard InChI is InChI=1S/C27H40N4O4S/c1-28-27(22-8-3-2-4-9-22)14-12-26(13-15-27)20-30(25(33)31(26)18-21-6-5-7-21)19-24(32)29-23-10-16-36(34,35)17-11-23/h2-4,8-9,21,23,28H,5-7,10-20H2,1H3,(H,29,32). The van der Waals surface area contributed by atoms with Gasteiger partial charge in [0.25, 0.3) is 0 Å². The Morgan fingerprint density at radius 1 is 1.03 bits per heavy atom. The lowest BCUT2D eigenvalue weighted by Gasteiger charge is -2.49. The summed E-state index contributed by atoms with van der Waals surface area (Å²) in [4.78, 5) is 30.4. The number of nitrogens with one attached hydrogen (secondary N) is 2. The Kier molecular flexibility index (Phi) is 7.07. The zero-order chi connectivity index (χ0) is 25.4. The van der Waals surface area contributed by atoms with Crippen LogP contribution in [0.3, 0.4) is 0 Å². The van der Waals surface area contributed by atoms with Gasteiger partial charge >= 0.3 is 6.03 Å². The van der Waals surface area contributed by atoms with E-state index in [0.29, 0.717) is 25.3 Å². The van der Waals surface area contributed by atoms with Crippen LogP contribution in [0.15, 0.2) is 30.3 Å². The highest BCUT2D eigenvalue weighted by Crippen LogP contribution is 2.47. The van der Waals surface area contributed by atoms with Gasteiger partial charge in [-0.25, -0.2) is 13.2 Å². The van der Waals surface area contributed by atoms with Gasteiger partial charge in [-0.15, -0.1) is 0 Å². The number of nitrogens with zero attached hydrogens (tertiary/aromatic N) is 2. The largest absolute Gasteiger partial charge is 0.352 e. The van der Waals surface area contributed by atoms with Crippen molar-refractivity contribution < 1.29 is 18.0 Å². The van der Waals surface area contributed by atoms with E-state index in [2.05, 4.69) is 39.8 Å². The molecule has 2 N–H and O–H groups in total. The predicted octanol–water partition coefficient (Wildman–Crippen LogP) is 2.65. The number of carbonyl (C=O) groups is 2. The van der Waals surface area contributed by atoms with Crippen LogP contribution in [-0.4, -0.2) is 79.9 Å². The average Bonchev–Trinajstić information content (AvgIpc) is 3.09. The molecule has 2 aliphatic heterocycles. The maximum Gasteiger partial charge on any atom is 0.321 e. The molecule has 2 saturated heterocycles. The number of carbonyl (C=O) groups excluding carboxylic acids is 2. The molecule has 36 heavy (non-hydrogen) atoms. The fourth-order valence-corrected chi connectivity index (χ4v) is 8.19. The predicted molar refractivity (Wildman–Crippen MR) is 139 cm³/mol. The number of amides is 3. The third-order valence-electron chi connectivity index (χ3n) is 9.32. The van der Waals surface area contributed by atoms with Crippen molar-refractivity contribution in [3.05, 3.63) is 35.9 Å². The summed E-state index contributed by atoms with van der Waals surface area (Å²) >= 11 is 0. The van der Waals surface area contributed by atoms with Crippen LogP contribution in [0.25, 0.3) is 0 Å². The monoisotopic (exact) mass is 516 g/mol. The Balaban J connectivity index is 1.28. The van der Waals surface area contributed by atoms with E-state index in [1.165, 1.54) is 24.8 Å². The summed E-state index contributed by atoms with van der Waals surface area (Å²) in [6.07, 6.45) is 8.18. The van der Waals surface area contributed by atoms with E-state index in [-0.39, 0.29) is 47.1 Å². The molecule has 4 fully saturated rings. The molecule has 1 aromatic rings. The summed E-state index contributed by atoms with van der Waals surface area (Å²) in [5.74, 6) is 0.618. The van der Waals surface area contributed by atoms with E-state index in [4.69, 9.17) is 0 Å². The molecule has 1 spiro atoms. The number of rotatable bonds is 7. The molecular weight excluding hydrogens is 476 g/mol. The fraction of sp³-hybridized carbons (Fsp3) is 0.704. The van der Waals surface area contributed by atoms with Crippen LogP contribution < -0.4 is 10.6 Å². The van der Waals surface area contributed by atoms with Gasteiger partial charge in [0, 0.05) is 24.7 Å². The second kappa shape index (κ2) is 9.97. The summed E-state index contributed by atoms with van der Waals surface area (Å²) in [7, 11) is -0.945. The van der Waals surface area contributed by atoms with Crippen LogP contribution in [0, 0.1) is 5.92 Å². The van der Waals surface area contributed by atoms with Crippen molar-refractivity contribution in [2.45, 2.75) is 74.9 Å². The van der Waals surface area contributed by atoms with Crippen molar-refractivity contribution in [3.63, 3.8) is 0 Å². The topological polar surface area (TPSA) is 98.8 Å². The fourth-order valence-electron chi connectivity index (χ4n) is 6.70. The maximum atomic E-state index is 13.6. The smallest absolute Gasteiger partial charge is 0.321 e. The van der Waals surface area contributed by atoms with Crippen LogP contribution >= 0.6 is 0 Å². The first-order valence-corrected chi connectivity index (χ1v) is 15.4. The summed E-state index contributed by atoms with van der Waals surface area (Å²) in [5.41, 5.74) is 0.966. The molecule has 0 aromatic heterocycles. The van der Waals surface area contributed by atoms with Gasteiger partial charge in [0.15, 0.2) is 0 Å². The van der Waals surface area contributed by atoms with E-state index in [1.807, 2.05) is 13.1 Å². The van der Waals surface area contributed by atoms with Crippen molar-refractivity contribution in [3.8, 4) is 0 Å². The molecule has 2 aliphatic carbocycles. The van der Waals surface area contributed by atoms with Crippen molar-refractivity contribution >= 4 is 21.8 Å². The van der Waals surface area contributed by atoms with Gasteiger partial charge in [0.2, 0.25) is 5.91 Å². The molecule has 5 rings (SSSR count). The van der Waals surface area contributed by atoms with E-state index in [0.717, 1.165) is 32.2 Å². The molecule has 1 aromatic carbocycles. The molecule has 3 amide bonds. The van der Waals surface area contributed by atoms with Crippen LogP contribution in [0.1, 0.15) is 63.4 Å². The Hall–Kier alpha value is -2.13. The zero-order valence-electron chi connectivity index (χ0n) is 21.4. The first-order valence-electron chi connectivity index (χ1n) is 13.6. The van der Waals surface area contributed by atoms with Gasteiger partial charge in [-0.05, 0) is 69.9 Å². The Labute approximate surface area is 215 Å². The number of benzene rings is 1. The van der Waals surface area contributed by atoms with Crippen molar-refractivity contribution in [2.75, 3.05) is 38.2 Å². The van der Waals surface area contributed by atoms with Crippen LogP contribution in [-0.2, 0) is 20.2 Å². The molecule has 0 unspecified atom stereocenters. The van der Waals surface area contributed by atoms with Gasteiger partial charge in [0.05, 0.1) is 17.0 Å². The van der Waals surface area contributed by atoms with Crippen molar-refractivity contribution in [1.29, 1.82) is 0 Å². The van der Waals surface area contributed by atoms with Gasteiger partial charge in [-0.3, -0.25) is 4.79 Å². The summed E-state index contributed by atoms with van der Waals surface area (Å²) in [6.45, 7) is 1.41. The Morgan fingerprint density at radius 3 is 2.28 bits per heavy atom. The molecule has 0 radical (unpaired) electrons. The first-order chi connectivity index (χ1) is 17.2. The molecule has 2 saturated carbocycles. The van der Waals surface area contributed by atoms with Gasteiger partial charge in [-0.1, -0.05) is 36.8 Å². The molecule has 198 valence electrons. The van der Waals surface area contributed by atoms with E-state index in [1.54, 1.807) is 4.90 Å². The molecule has 0 bridgehead atoms. The molecule has 0 atom stereocenters. The average molecular weight is 517 g/mol. The number of urea groups is 1. The molecule has 8 nitrogen and oxygen atoms in total. The summed E-state index contributed by atoms with van der Waals surface area (Å²) in [6, 6.07) is 10.4. The summed E-state index contributed by atoms with van der Waals surface area (Å²) in [5, 5.41) is 6.59. The SMILES string of the molecule is CNC1(c2ccccc2)CCC2(CC1)CN(CC(=O)NC1CCS(=O)(=O)CC1)C(=O)N2CC1CCC1. The lowest BCUT2D eigenvalue weighted by Crippen LogP contribution is -2.56. The van der Waals surface area contributed by atoms with Crippen LogP contribution in [0.5, 0.6) is 0 Å². The second-order valence-corrected chi connectivity index (χ2v) is 13.8. The highest BCUT2D eigenvalue weighted by Gasteiger charge is 2.54. The number of hydrogen-bond acceptors (Lipinski definition) is 5. The quantitative estimate of drug-likeness (QED) is 0.581. The van der Waals surface area contributed by atoms with Gasteiger partial charge in [-0.2, -0.15) is 0 Å². The highest BCUT2D eigenvalue weighted by molar-refractivity contribution is 7.91. The van der Waals surface area contributed by atoms with Crippen LogP contribution in [0.2, 0.25) is 0 Å². The molecule has 9 heteroatoms. The summed E-state index contributed by atoms with van der Waals surface area (Å²) < 4.78 is 23.4. The van der Waals surface area contributed by atoms with Crippen molar-refractivity contribution in [2.24, 2.45) is 5.92 Å². The Bertz CT molecular complexity index is 1050. The lowest BCUT2D eigenvalue weighted by atomic mass is 9.68. The Morgan fingerprint density at radius 2 is 1.69 bits per heavy atom. The van der Waals surface area contributed by atoms with Crippen LogP contribution in [0.4, 0.5) is 4.79 Å². The second-order valence-electron chi connectivity index (χ2n) is 11.5. The van der Waals surface area contributed by atoms with E-state index >= 15 is 0 Å². The number of hydrogen-bond donors (Lipinski definition) is 2. The molecule has 4 aliphatic rings. The molecule has 2 heterocycles. The minimum atomic E-state index is -2.98. The third-order valence-corrected chi connectivity index (χ3v) is 11.0. The lowest BCUT2D eigenvalue weighted by molar-refractivity contribution is -0.122. The van der Waals surface area contributed by atoms with E-state index < -0.39 is 9.84 Å². The van der Waals surface area contributed by atoms with Gasteiger partial charge in [0.1, 0.15) is 16.4 Å². The van der Waals surface area contributed by atoms with E-state index in [9.17, 15) is 18.0 Å². The third kappa shape index (κ3) is 5.01. The highest BCUT2D eigenvalue weighted by atomic mass is 32.2. The minimum Gasteiger partial charge on any atom is -0.352 e.